The van der Waals surface area contributed by atoms with Crippen LogP contribution in [0.25, 0.3) is 6.08 Å². The molecule has 0 amide bonds. The van der Waals surface area contributed by atoms with E-state index in [-0.39, 0.29) is 6.04 Å². The average molecular weight is 492 g/mol. The van der Waals surface area contributed by atoms with Crippen LogP contribution >= 0.6 is 0 Å². The summed E-state index contributed by atoms with van der Waals surface area (Å²) in [6.07, 6.45) is 3.57. The van der Waals surface area contributed by atoms with Crippen LogP contribution in [0.2, 0.25) is 0 Å². The van der Waals surface area contributed by atoms with Crippen LogP contribution < -0.4 is 18.4 Å². The van der Waals surface area contributed by atoms with E-state index in [1.54, 1.807) is 32.8 Å². The van der Waals surface area contributed by atoms with Crippen molar-refractivity contribution in [1.82, 2.24) is 4.90 Å². The summed E-state index contributed by atoms with van der Waals surface area (Å²) >= 11 is -1.64. The molecule has 0 N–H and O–H groups in total. The Bertz CT molecular complexity index is 1270. The second kappa shape index (κ2) is 10.1. The minimum atomic E-state index is -1.64. The third kappa shape index (κ3) is 4.79. The fraction of sp³-hybridized carbons (Fsp3) is 0.286. The molecule has 0 saturated heterocycles. The van der Waals surface area contributed by atoms with E-state index in [9.17, 15) is 4.21 Å². The monoisotopic (exact) mass is 491 g/mol. The molecule has 7 heteroatoms. The standard InChI is InChI=1S/C28H29NO5S/c1-31-25-15-21-13-24-23-17-28(34-35(30)12-10-19-7-5-4-6-8-19)27(33-3)14-20(23)9-11-29(24)18-22(21)16-26(25)32-2/h4-8,10,12,14-17,24H,9,11,13,18H2,1-3H3/b12-10+. The predicted octanol–water partition coefficient (Wildman–Crippen LogP) is 5.08. The molecule has 0 aliphatic carbocycles. The molecule has 0 spiro atoms. The summed E-state index contributed by atoms with van der Waals surface area (Å²) in [5.41, 5.74) is 5.91. The Balaban J connectivity index is 1.43. The highest BCUT2D eigenvalue weighted by molar-refractivity contribution is 7.83. The molecule has 0 bridgehead atoms. The zero-order valence-electron chi connectivity index (χ0n) is 20.2. The highest BCUT2D eigenvalue weighted by atomic mass is 32.2. The van der Waals surface area contributed by atoms with Gasteiger partial charge in [-0.3, -0.25) is 4.90 Å². The predicted molar refractivity (Wildman–Crippen MR) is 137 cm³/mol. The van der Waals surface area contributed by atoms with E-state index in [1.807, 2.05) is 42.5 Å². The van der Waals surface area contributed by atoms with Crippen molar-refractivity contribution in [2.24, 2.45) is 0 Å². The number of hydrogen-bond acceptors (Lipinski definition) is 6. The van der Waals surface area contributed by atoms with Crippen molar-refractivity contribution in [1.29, 1.82) is 0 Å². The van der Waals surface area contributed by atoms with E-state index in [0.717, 1.165) is 43.0 Å². The summed E-state index contributed by atoms with van der Waals surface area (Å²) < 4.78 is 35.2. The van der Waals surface area contributed by atoms with Gasteiger partial charge in [0.05, 0.1) is 21.3 Å². The molecule has 5 rings (SSSR count). The molecule has 2 unspecified atom stereocenters. The molecule has 2 heterocycles. The van der Waals surface area contributed by atoms with E-state index in [1.165, 1.54) is 22.3 Å². The third-order valence-electron chi connectivity index (χ3n) is 6.73. The summed E-state index contributed by atoms with van der Waals surface area (Å²) in [5.74, 6) is 2.59. The SMILES string of the molecule is COc1cc2c(cc1OC)CN1CCc3cc(OC)c(OS(=O)/C=C/c4ccccc4)cc3C1C2. The lowest BCUT2D eigenvalue weighted by Crippen LogP contribution is -2.39. The number of rotatable bonds is 7. The zero-order valence-corrected chi connectivity index (χ0v) is 21.0. The number of ether oxygens (including phenoxy) is 3. The summed E-state index contributed by atoms with van der Waals surface area (Å²) in [6.45, 7) is 1.80. The fourth-order valence-corrected chi connectivity index (χ4v) is 5.59. The Hall–Kier alpha value is -3.29. The number of fused-ring (bicyclic) bond motifs is 4. The first-order chi connectivity index (χ1) is 17.1. The molecule has 182 valence electrons. The number of benzene rings is 3. The molecule has 6 nitrogen and oxygen atoms in total. The molecule has 0 radical (unpaired) electrons. The van der Waals surface area contributed by atoms with Crippen LogP contribution in [0.5, 0.6) is 23.0 Å². The number of hydrogen-bond donors (Lipinski definition) is 0. The Morgan fingerprint density at radius 3 is 2.23 bits per heavy atom. The maximum absolute atomic E-state index is 12.7. The van der Waals surface area contributed by atoms with Gasteiger partial charge in [-0.2, -0.15) is 0 Å². The van der Waals surface area contributed by atoms with Crippen LogP contribution in [0.3, 0.4) is 0 Å². The van der Waals surface area contributed by atoms with Gasteiger partial charge in [0, 0.05) is 24.5 Å². The van der Waals surface area contributed by atoms with Gasteiger partial charge < -0.3 is 18.4 Å². The van der Waals surface area contributed by atoms with Gasteiger partial charge in [-0.1, -0.05) is 30.3 Å². The van der Waals surface area contributed by atoms with Gasteiger partial charge in [-0.05, 0) is 71.0 Å². The minimum absolute atomic E-state index is 0.200. The van der Waals surface area contributed by atoms with Crippen LogP contribution in [0.15, 0.2) is 60.0 Å². The summed E-state index contributed by atoms with van der Waals surface area (Å²) in [4.78, 5) is 2.49. The maximum Gasteiger partial charge on any atom is 0.233 e. The van der Waals surface area contributed by atoms with E-state index in [2.05, 4.69) is 17.0 Å². The van der Waals surface area contributed by atoms with Gasteiger partial charge in [-0.15, -0.1) is 0 Å². The van der Waals surface area contributed by atoms with Gasteiger partial charge in [-0.25, -0.2) is 4.21 Å². The molecule has 3 aromatic rings. The van der Waals surface area contributed by atoms with Crippen molar-refractivity contribution < 1.29 is 22.6 Å². The van der Waals surface area contributed by atoms with Crippen molar-refractivity contribution in [3.05, 3.63) is 87.8 Å². The van der Waals surface area contributed by atoms with E-state index >= 15 is 0 Å². The lowest BCUT2D eigenvalue weighted by atomic mass is 9.83. The van der Waals surface area contributed by atoms with Crippen LogP contribution in [-0.2, 0) is 30.5 Å². The highest BCUT2D eigenvalue weighted by Gasteiger charge is 2.34. The van der Waals surface area contributed by atoms with Crippen molar-refractivity contribution in [2.45, 2.75) is 25.4 Å². The molecule has 2 atom stereocenters. The van der Waals surface area contributed by atoms with Gasteiger partial charge in [0.25, 0.3) is 0 Å². The normalized spacial score (nSPS) is 17.7. The van der Waals surface area contributed by atoms with Crippen LogP contribution in [-0.4, -0.2) is 37.0 Å². The molecule has 35 heavy (non-hydrogen) atoms. The molecule has 0 fully saturated rings. The van der Waals surface area contributed by atoms with Gasteiger partial charge in [0.2, 0.25) is 11.1 Å². The smallest absolute Gasteiger partial charge is 0.233 e. The van der Waals surface area contributed by atoms with Gasteiger partial charge in [0.1, 0.15) is 0 Å². The van der Waals surface area contributed by atoms with E-state index in [0.29, 0.717) is 11.5 Å². The van der Waals surface area contributed by atoms with Crippen LogP contribution in [0.1, 0.15) is 33.9 Å². The third-order valence-corrected chi connectivity index (χ3v) is 7.43. The molecule has 3 aromatic carbocycles. The maximum atomic E-state index is 12.7. The van der Waals surface area contributed by atoms with E-state index in [4.69, 9.17) is 18.4 Å². The quantitative estimate of drug-likeness (QED) is 0.459. The van der Waals surface area contributed by atoms with Crippen molar-refractivity contribution >= 4 is 17.2 Å². The summed E-state index contributed by atoms with van der Waals surface area (Å²) in [6, 6.07) is 18.1. The molecular formula is C28H29NO5S. The molecule has 0 saturated carbocycles. The Morgan fingerprint density at radius 2 is 1.51 bits per heavy atom. The Labute approximate surface area is 208 Å². The molecule has 0 aromatic heterocycles. The van der Waals surface area contributed by atoms with Crippen molar-refractivity contribution in [3.8, 4) is 23.0 Å². The fourth-order valence-electron chi connectivity index (χ4n) is 4.96. The topological polar surface area (TPSA) is 57.2 Å². The summed E-state index contributed by atoms with van der Waals surface area (Å²) in [5, 5.41) is 1.55. The van der Waals surface area contributed by atoms with Gasteiger partial charge >= 0.3 is 0 Å². The van der Waals surface area contributed by atoms with E-state index < -0.39 is 11.1 Å². The lowest BCUT2D eigenvalue weighted by Gasteiger charge is -2.41. The number of methoxy groups -OCH3 is 3. The molecule has 2 aliphatic rings. The van der Waals surface area contributed by atoms with Crippen molar-refractivity contribution in [3.63, 3.8) is 0 Å². The first-order valence-electron chi connectivity index (χ1n) is 11.6. The first-order valence-corrected chi connectivity index (χ1v) is 12.7. The zero-order chi connectivity index (χ0) is 24.4. The average Bonchev–Trinajstić information content (AvgIpc) is 2.90. The summed E-state index contributed by atoms with van der Waals surface area (Å²) in [7, 11) is 4.95. The number of nitrogens with zero attached hydrogens (tertiary/aromatic N) is 1. The molecular weight excluding hydrogens is 462 g/mol. The Kier molecular flexibility index (Phi) is 6.79. The lowest BCUT2D eigenvalue weighted by molar-refractivity contribution is 0.160. The van der Waals surface area contributed by atoms with Gasteiger partial charge in [0.15, 0.2) is 23.0 Å². The highest BCUT2D eigenvalue weighted by Crippen LogP contribution is 2.44. The van der Waals surface area contributed by atoms with Crippen LogP contribution in [0, 0.1) is 0 Å². The first kappa shape index (κ1) is 23.5. The minimum Gasteiger partial charge on any atom is -0.493 e. The largest absolute Gasteiger partial charge is 0.493 e. The second-order valence-corrected chi connectivity index (χ2v) is 9.64. The second-order valence-electron chi connectivity index (χ2n) is 8.68. The Morgan fingerprint density at radius 1 is 0.857 bits per heavy atom. The van der Waals surface area contributed by atoms with Crippen molar-refractivity contribution in [2.75, 3.05) is 27.9 Å². The molecule has 2 aliphatic heterocycles. The van der Waals surface area contributed by atoms with Crippen LogP contribution in [0.4, 0.5) is 0 Å².